The van der Waals surface area contributed by atoms with Crippen LogP contribution in [0.25, 0.3) is 0 Å². The summed E-state index contributed by atoms with van der Waals surface area (Å²) in [6, 6.07) is 1.04. The van der Waals surface area contributed by atoms with Gasteiger partial charge in [0.25, 0.3) is 5.91 Å². The number of nitrogens with one attached hydrogen (secondary N) is 1. The van der Waals surface area contributed by atoms with E-state index in [0.29, 0.717) is 5.69 Å². The predicted molar refractivity (Wildman–Crippen MR) is 64.4 cm³/mol. The Bertz CT molecular complexity index is 450. The van der Waals surface area contributed by atoms with Gasteiger partial charge in [0.15, 0.2) is 0 Å². The predicted octanol–water partition coefficient (Wildman–Crippen LogP) is 0.311. The number of hydrogen-bond donors (Lipinski definition) is 3. The second-order valence-corrected chi connectivity index (χ2v) is 4.01. The maximum absolute atomic E-state index is 11.8. The number of hydrogen-bond acceptors (Lipinski definition) is 4. The monoisotopic (exact) mass is 256 g/mol. The summed E-state index contributed by atoms with van der Waals surface area (Å²) in [7, 11) is 0. The fourth-order valence-electron chi connectivity index (χ4n) is 1.28. The van der Waals surface area contributed by atoms with Crippen LogP contribution in [0.15, 0.2) is 12.3 Å². The summed E-state index contributed by atoms with van der Waals surface area (Å²) in [5.74, 6) is -0.932. The van der Waals surface area contributed by atoms with Crippen LogP contribution in [-0.2, 0) is 4.79 Å². The Morgan fingerprint density at radius 3 is 2.82 bits per heavy atom. The van der Waals surface area contributed by atoms with Crippen molar-refractivity contribution in [1.82, 2.24) is 10.3 Å². The molecule has 1 unspecified atom stereocenters. The van der Waals surface area contributed by atoms with E-state index >= 15 is 0 Å². The third kappa shape index (κ3) is 3.92. The summed E-state index contributed by atoms with van der Waals surface area (Å²) in [6.45, 7) is 1.66. The number of nitrogen functional groups attached to an aromatic ring is 1. The van der Waals surface area contributed by atoms with Crippen molar-refractivity contribution in [3.05, 3.63) is 23.0 Å². The average molecular weight is 257 g/mol. The highest BCUT2D eigenvalue weighted by Crippen LogP contribution is 2.15. The van der Waals surface area contributed by atoms with Gasteiger partial charge in [-0.3, -0.25) is 9.59 Å². The second-order valence-electron chi connectivity index (χ2n) is 3.65. The lowest BCUT2D eigenvalue weighted by atomic mass is 10.2. The molecule has 0 aliphatic carbocycles. The van der Waals surface area contributed by atoms with Crippen molar-refractivity contribution in [2.24, 2.45) is 5.73 Å². The summed E-state index contributed by atoms with van der Waals surface area (Å²) < 4.78 is 0. The molecule has 1 rings (SSSR count). The van der Waals surface area contributed by atoms with Gasteiger partial charge in [-0.05, 0) is 13.0 Å². The first-order chi connectivity index (χ1) is 7.90. The third-order valence-corrected chi connectivity index (χ3v) is 2.29. The van der Waals surface area contributed by atoms with Gasteiger partial charge >= 0.3 is 0 Å². The zero-order valence-corrected chi connectivity index (χ0v) is 9.99. The molecule has 1 aromatic heterocycles. The Balaban J connectivity index is 2.76. The number of amides is 2. The number of rotatable bonds is 4. The van der Waals surface area contributed by atoms with Crippen LogP contribution in [0.1, 0.15) is 23.7 Å². The molecule has 2 amide bonds. The van der Waals surface area contributed by atoms with Gasteiger partial charge in [-0.2, -0.15) is 0 Å². The number of anilines is 1. The summed E-state index contributed by atoms with van der Waals surface area (Å²) in [5, 5.41) is 2.63. The van der Waals surface area contributed by atoms with E-state index in [4.69, 9.17) is 23.1 Å². The van der Waals surface area contributed by atoms with E-state index in [2.05, 4.69) is 10.3 Å². The Morgan fingerprint density at radius 2 is 2.24 bits per heavy atom. The van der Waals surface area contributed by atoms with Crippen LogP contribution in [0.4, 0.5) is 5.69 Å². The second kappa shape index (κ2) is 5.49. The maximum Gasteiger partial charge on any atom is 0.254 e. The van der Waals surface area contributed by atoms with E-state index in [1.807, 2.05) is 0 Å². The van der Waals surface area contributed by atoms with Gasteiger partial charge in [-0.25, -0.2) is 4.98 Å². The fraction of sp³-hybridized carbons (Fsp3) is 0.300. The fourth-order valence-corrected chi connectivity index (χ4v) is 1.47. The summed E-state index contributed by atoms with van der Waals surface area (Å²) in [4.78, 5) is 26.2. The molecular formula is C10H13ClN4O2. The molecule has 0 fully saturated rings. The number of pyridine rings is 1. The molecule has 1 atom stereocenters. The molecule has 0 saturated carbocycles. The third-order valence-electron chi connectivity index (χ3n) is 1.99. The van der Waals surface area contributed by atoms with Crippen LogP contribution in [0.3, 0.4) is 0 Å². The van der Waals surface area contributed by atoms with Gasteiger partial charge in [-0.15, -0.1) is 0 Å². The number of primary amides is 1. The van der Waals surface area contributed by atoms with Crippen molar-refractivity contribution in [1.29, 1.82) is 0 Å². The number of nitrogens with zero attached hydrogens (tertiary/aromatic N) is 1. The van der Waals surface area contributed by atoms with Gasteiger partial charge in [0.05, 0.1) is 17.4 Å². The number of carbonyl (C=O) groups is 2. The molecule has 0 aromatic carbocycles. The Labute approximate surface area is 103 Å². The summed E-state index contributed by atoms with van der Waals surface area (Å²) in [6.07, 6.45) is 1.41. The number of carbonyl (C=O) groups excluding carboxylic acids is 2. The van der Waals surface area contributed by atoms with Gasteiger partial charge in [0, 0.05) is 12.5 Å². The SMILES string of the molecule is CC(CC(N)=O)NC(=O)c1cc(N)cnc1Cl. The topological polar surface area (TPSA) is 111 Å². The average Bonchev–Trinajstić information content (AvgIpc) is 2.20. The minimum atomic E-state index is -0.491. The van der Waals surface area contributed by atoms with Gasteiger partial charge in [0.2, 0.25) is 5.91 Å². The standard InChI is InChI=1S/C10H13ClN4O2/c1-5(2-8(13)16)15-10(17)7-3-6(12)4-14-9(7)11/h3-5H,2,12H2,1H3,(H2,13,16)(H,15,17). The first-order valence-electron chi connectivity index (χ1n) is 4.90. The van der Waals surface area contributed by atoms with E-state index in [9.17, 15) is 9.59 Å². The lowest BCUT2D eigenvalue weighted by molar-refractivity contribution is -0.118. The van der Waals surface area contributed by atoms with Crippen LogP contribution >= 0.6 is 11.6 Å². The van der Waals surface area contributed by atoms with Crippen LogP contribution in [0, 0.1) is 0 Å². The molecular weight excluding hydrogens is 244 g/mol. The zero-order valence-electron chi connectivity index (χ0n) is 9.24. The van der Waals surface area contributed by atoms with Crippen LogP contribution in [-0.4, -0.2) is 22.8 Å². The van der Waals surface area contributed by atoms with E-state index in [-0.39, 0.29) is 23.2 Å². The van der Waals surface area contributed by atoms with E-state index in [0.717, 1.165) is 0 Å². The molecule has 0 saturated heterocycles. The Kier molecular flexibility index (Phi) is 4.28. The molecule has 0 bridgehead atoms. The Morgan fingerprint density at radius 1 is 1.59 bits per heavy atom. The molecule has 1 heterocycles. The van der Waals surface area contributed by atoms with Crippen molar-refractivity contribution < 1.29 is 9.59 Å². The molecule has 7 heteroatoms. The van der Waals surface area contributed by atoms with Crippen molar-refractivity contribution in [3.8, 4) is 0 Å². The van der Waals surface area contributed by atoms with Gasteiger partial charge in [0.1, 0.15) is 5.15 Å². The van der Waals surface area contributed by atoms with Crippen molar-refractivity contribution in [2.45, 2.75) is 19.4 Å². The van der Waals surface area contributed by atoms with E-state index in [1.165, 1.54) is 12.3 Å². The number of halogens is 1. The molecule has 1 aromatic rings. The molecule has 0 aliphatic rings. The first-order valence-corrected chi connectivity index (χ1v) is 5.28. The van der Waals surface area contributed by atoms with Crippen molar-refractivity contribution in [3.63, 3.8) is 0 Å². The lowest BCUT2D eigenvalue weighted by Gasteiger charge is -2.12. The molecule has 17 heavy (non-hydrogen) atoms. The van der Waals surface area contributed by atoms with Crippen molar-refractivity contribution >= 4 is 29.1 Å². The van der Waals surface area contributed by atoms with Crippen LogP contribution in [0.2, 0.25) is 5.15 Å². The van der Waals surface area contributed by atoms with Crippen molar-refractivity contribution in [2.75, 3.05) is 5.73 Å². The van der Waals surface area contributed by atoms with Crippen LogP contribution in [0.5, 0.6) is 0 Å². The molecule has 5 N–H and O–H groups in total. The smallest absolute Gasteiger partial charge is 0.254 e. The highest BCUT2D eigenvalue weighted by atomic mass is 35.5. The summed E-state index contributed by atoms with van der Waals surface area (Å²) in [5.41, 5.74) is 11.0. The largest absolute Gasteiger partial charge is 0.397 e. The number of nitrogens with two attached hydrogens (primary N) is 2. The molecule has 92 valence electrons. The van der Waals surface area contributed by atoms with Crippen LogP contribution < -0.4 is 16.8 Å². The highest BCUT2D eigenvalue weighted by Gasteiger charge is 2.15. The minimum Gasteiger partial charge on any atom is -0.397 e. The van der Waals surface area contributed by atoms with E-state index < -0.39 is 11.8 Å². The molecule has 6 nitrogen and oxygen atoms in total. The molecule has 0 aliphatic heterocycles. The highest BCUT2D eigenvalue weighted by molar-refractivity contribution is 6.32. The normalized spacial score (nSPS) is 11.9. The lowest BCUT2D eigenvalue weighted by Crippen LogP contribution is -2.35. The molecule has 0 spiro atoms. The molecule has 0 radical (unpaired) electrons. The maximum atomic E-state index is 11.8. The van der Waals surface area contributed by atoms with E-state index in [1.54, 1.807) is 6.92 Å². The Hall–Kier alpha value is -1.82. The number of aromatic nitrogens is 1. The minimum absolute atomic E-state index is 0.0547. The van der Waals surface area contributed by atoms with Gasteiger partial charge in [-0.1, -0.05) is 11.6 Å². The summed E-state index contributed by atoms with van der Waals surface area (Å²) >= 11 is 5.76. The quantitative estimate of drug-likeness (QED) is 0.673. The zero-order chi connectivity index (χ0) is 13.0. The van der Waals surface area contributed by atoms with Gasteiger partial charge < -0.3 is 16.8 Å². The first kappa shape index (κ1) is 13.2.